The summed E-state index contributed by atoms with van der Waals surface area (Å²) >= 11 is 0. The van der Waals surface area contributed by atoms with Crippen LogP contribution in [0.2, 0.25) is 0 Å². The van der Waals surface area contributed by atoms with E-state index in [2.05, 4.69) is 13.8 Å². The van der Waals surface area contributed by atoms with Crippen LogP contribution in [0.15, 0.2) is 11.1 Å². The molecule has 3 heteroatoms. The fraction of sp³-hybridized carbons (Fsp3) is 0.778. The number of imide groups is 1. The molecule has 116 valence electrons. The maximum Gasteiger partial charge on any atom is 0.257 e. The molecule has 0 aromatic rings. The van der Waals surface area contributed by atoms with Gasteiger partial charge in [-0.05, 0) is 37.5 Å². The number of allylic oxidation sites excluding steroid dienone is 1. The fourth-order valence-electron chi connectivity index (χ4n) is 4.43. The summed E-state index contributed by atoms with van der Waals surface area (Å²) in [7, 11) is 0. The third-order valence-electron chi connectivity index (χ3n) is 5.73. The molecule has 2 bridgehead atoms. The SMILES string of the molecule is CCCCCC(CC)CN1C(=O)C2=C3CCC(C3)C2C1=O. The molecule has 2 fully saturated rings. The van der Waals surface area contributed by atoms with Gasteiger partial charge in [0.15, 0.2) is 0 Å². The van der Waals surface area contributed by atoms with Crippen molar-refractivity contribution in [3.05, 3.63) is 11.1 Å². The van der Waals surface area contributed by atoms with Gasteiger partial charge in [-0.1, -0.05) is 45.1 Å². The molecule has 2 amide bonds. The van der Waals surface area contributed by atoms with E-state index in [4.69, 9.17) is 0 Å². The van der Waals surface area contributed by atoms with Crippen molar-refractivity contribution < 1.29 is 9.59 Å². The largest absolute Gasteiger partial charge is 0.278 e. The number of carbonyl (C=O) groups excluding carboxylic acids is 2. The summed E-state index contributed by atoms with van der Waals surface area (Å²) in [6.45, 7) is 5.03. The van der Waals surface area contributed by atoms with Crippen molar-refractivity contribution in [3.8, 4) is 0 Å². The molecule has 0 aromatic heterocycles. The maximum atomic E-state index is 12.6. The van der Waals surface area contributed by atoms with Crippen molar-refractivity contribution in [3.63, 3.8) is 0 Å². The molecule has 0 spiro atoms. The topological polar surface area (TPSA) is 37.4 Å². The highest BCUT2D eigenvalue weighted by Crippen LogP contribution is 2.52. The van der Waals surface area contributed by atoms with Crippen LogP contribution in [0.3, 0.4) is 0 Å². The van der Waals surface area contributed by atoms with Crippen molar-refractivity contribution in [2.45, 2.75) is 65.2 Å². The molecule has 1 saturated heterocycles. The van der Waals surface area contributed by atoms with Gasteiger partial charge in [-0.25, -0.2) is 0 Å². The Morgan fingerprint density at radius 1 is 1.24 bits per heavy atom. The molecular formula is C18H27NO2. The molecule has 3 atom stereocenters. The molecular weight excluding hydrogens is 262 g/mol. The number of likely N-dealkylation sites (tertiary alicyclic amines) is 1. The predicted octanol–water partition coefficient (Wildman–Crippen LogP) is 3.69. The smallest absolute Gasteiger partial charge is 0.257 e. The zero-order chi connectivity index (χ0) is 15.0. The second-order valence-corrected chi connectivity index (χ2v) is 7.02. The van der Waals surface area contributed by atoms with Gasteiger partial charge in [0.05, 0.1) is 5.92 Å². The zero-order valence-corrected chi connectivity index (χ0v) is 13.4. The average molecular weight is 289 g/mol. The lowest BCUT2D eigenvalue weighted by molar-refractivity contribution is -0.140. The zero-order valence-electron chi connectivity index (χ0n) is 13.4. The number of hydrogen-bond acceptors (Lipinski definition) is 2. The van der Waals surface area contributed by atoms with Crippen molar-refractivity contribution in [2.24, 2.45) is 17.8 Å². The molecule has 0 radical (unpaired) electrons. The van der Waals surface area contributed by atoms with Crippen molar-refractivity contribution in [1.29, 1.82) is 0 Å². The average Bonchev–Trinajstić information content (AvgIpc) is 3.15. The lowest BCUT2D eigenvalue weighted by atomic mass is 9.88. The first kappa shape index (κ1) is 14.8. The predicted molar refractivity (Wildman–Crippen MR) is 82.5 cm³/mol. The second-order valence-electron chi connectivity index (χ2n) is 7.02. The summed E-state index contributed by atoms with van der Waals surface area (Å²) in [4.78, 5) is 26.9. The highest BCUT2D eigenvalue weighted by molar-refractivity contribution is 6.16. The van der Waals surface area contributed by atoms with Gasteiger partial charge in [-0.15, -0.1) is 0 Å². The Morgan fingerprint density at radius 3 is 2.71 bits per heavy atom. The molecule has 0 aromatic carbocycles. The van der Waals surface area contributed by atoms with Crippen LogP contribution in [-0.4, -0.2) is 23.3 Å². The number of amides is 2. The van der Waals surface area contributed by atoms with Crippen molar-refractivity contribution >= 4 is 11.8 Å². The van der Waals surface area contributed by atoms with Gasteiger partial charge in [-0.3, -0.25) is 14.5 Å². The lowest BCUT2D eigenvalue weighted by Gasteiger charge is -2.22. The van der Waals surface area contributed by atoms with E-state index in [0.29, 0.717) is 18.4 Å². The summed E-state index contributed by atoms with van der Waals surface area (Å²) in [5.74, 6) is 1.03. The summed E-state index contributed by atoms with van der Waals surface area (Å²) < 4.78 is 0. The van der Waals surface area contributed by atoms with E-state index in [1.807, 2.05) is 0 Å². The number of hydrogen-bond donors (Lipinski definition) is 0. The third kappa shape index (κ3) is 2.45. The monoisotopic (exact) mass is 289 g/mol. The first-order chi connectivity index (χ1) is 10.2. The molecule has 1 saturated carbocycles. The molecule has 3 unspecified atom stereocenters. The minimum atomic E-state index is -0.0607. The third-order valence-corrected chi connectivity index (χ3v) is 5.73. The molecule has 1 aliphatic heterocycles. The van der Waals surface area contributed by atoms with Crippen LogP contribution < -0.4 is 0 Å². The minimum absolute atomic E-state index is 0.0520. The Bertz CT molecular complexity index is 480. The van der Waals surface area contributed by atoms with Crippen LogP contribution >= 0.6 is 0 Å². The normalized spacial score (nSPS) is 28.8. The number of carbonyl (C=O) groups is 2. The number of nitrogens with zero attached hydrogens (tertiary/aromatic N) is 1. The minimum Gasteiger partial charge on any atom is -0.278 e. The Kier molecular flexibility index (Phi) is 4.19. The number of rotatable bonds is 7. The molecule has 21 heavy (non-hydrogen) atoms. The van der Waals surface area contributed by atoms with Gasteiger partial charge in [0, 0.05) is 12.1 Å². The standard InChI is InChI=1S/C18H27NO2/c1-3-5-6-7-12(4-2)11-19-17(20)15-13-8-9-14(10-13)16(15)18(19)21/h12-13,15H,3-11H2,1-2H3. The summed E-state index contributed by atoms with van der Waals surface area (Å²) in [6, 6.07) is 0. The van der Waals surface area contributed by atoms with Crippen molar-refractivity contribution in [1.82, 2.24) is 4.90 Å². The Labute approximate surface area is 127 Å². The quantitative estimate of drug-likeness (QED) is 0.529. The Morgan fingerprint density at radius 2 is 2.05 bits per heavy atom. The van der Waals surface area contributed by atoms with Crippen LogP contribution in [0, 0.1) is 17.8 Å². The molecule has 3 nitrogen and oxygen atoms in total. The molecule has 3 rings (SSSR count). The van der Waals surface area contributed by atoms with E-state index in [1.165, 1.54) is 24.8 Å². The van der Waals surface area contributed by atoms with Gasteiger partial charge in [-0.2, -0.15) is 0 Å². The van der Waals surface area contributed by atoms with Crippen LogP contribution in [-0.2, 0) is 9.59 Å². The summed E-state index contributed by atoms with van der Waals surface area (Å²) in [5.41, 5.74) is 2.20. The van der Waals surface area contributed by atoms with Crippen LogP contribution in [0.25, 0.3) is 0 Å². The second kappa shape index (κ2) is 5.94. The van der Waals surface area contributed by atoms with E-state index in [1.54, 1.807) is 4.90 Å². The van der Waals surface area contributed by atoms with Crippen molar-refractivity contribution in [2.75, 3.05) is 6.54 Å². The molecule has 2 aliphatic carbocycles. The Balaban J connectivity index is 1.68. The van der Waals surface area contributed by atoms with Gasteiger partial charge < -0.3 is 0 Å². The van der Waals surface area contributed by atoms with E-state index in [-0.39, 0.29) is 17.7 Å². The van der Waals surface area contributed by atoms with Crippen LogP contribution in [0.1, 0.15) is 65.2 Å². The van der Waals surface area contributed by atoms with Crippen LogP contribution in [0.4, 0.5) is 0 Å². The van der Waals surface area contributed by atoms with E-state index >= 15 is 0 Å². The highest BCUT2D eigenvalue weighted by Gasteiger charge is 2.54. The summed E-state index contributed by atoms with van der Waals surface area (Å²) in [6.07, 6.45) is 9.06. The molecule has 1 heterocycles. The molecule has 3 aliphatic rings. The van der Waals surface area contributed by atoms with E-state index in [9.17, 15) is 9.59 Å². The summed E-state index contributed by atoms with van der Waals surface area (Å²) in [5, 5.41) is 0. The fourth-order valence-corrected chi connectivity index (χ4v) is 4.43. The molecule has 0 N–H and O–H groups in total. The van der Waals surface area contributed by atoms with Gasteiger partial charge >= 0.3 is 0 Å². The first-order valence-electron chi connectivity index (χ1n) is 8.74. The van der Waals surface area contributed by atoms with E-state index < -0.39 is 0 Å². The number of unbranched alkanes of at least 4 members (excludes halogenated alkanes) is 2. The van der Waals surface area contributed by atoms with E-state index in [0.717, 1.165) is 37.7 Å². The van der Waals surface area contributed by atoms with Gasteiger partial charge in [0.25, 0.3) is 5.91 Å². The van der Waals surface area contributed by atoms with Crippen LogP contribution in [0.5, 0.6) is 0 Å². The van der Waals surface area contributed by atoms with Gasteiger partial charge in [0.2, 0.25) is 5.91 Å². The lowest BCUT2D eigenvalue weighted by Crippen LogP contribution is -2.36. The Hall–Kier alpha value is -1.12. The first-order valence-corrected chi connectivity index (χ1v) is 8.74. The highest BCUT2D eigenvalue weighted by atomic mass is 16.2. The maximum absolute atomic E-state index is 12.6. The number of fused-ring (bicyclic) bond motifs is 4. The van der Waals surface area contributed by atoms with Gasteiger partial charge in [0.1, 0.15) is 0 Å².